The van der Waals surface area contributed by atoms with E-state index >= 15 is 0 Å². The molecule has 0 heterocycles. The predicted octanol–water partition coefficient (Wildman–Crippen LogP) is 3.91. The lowest BCUT2D eigenvalue weighted by Gasteiger charge is -2.41. The number of hydrogen-bond donors (Lipinski definition) is 0. The number of allylic oxidation sites excluding steroid dienone is 2. The van der Waals surface area contributed by atoms with Gasteiger partial charge in [0, 0.05) is 19.8 Å². The first-order valence-corrected chi connectivity index (χ1v) is 5.37. The SMILES string of the molecule is CC(=C(C)C(C)(C)C(C)(C)C)N(C)C. The molecule has 0 aliphatic rings. The first-order valence-electron chi connectivity index (χ1n) is 5.37. The smallest absolute Gasteiger partial charge is 0.00906 e. The van der Waals surface area contributed by atoms with Crippen LogP contribution in [0.1, 0.15) is 48.5 Å². The minimum absolute atomic E-state index is 0.237. The van der Waals surface area contributed by atoms with Crippen molar-refractivity contribution in [3.05, 3.63) is 11.3 Å². The molecule has 84 valence electrons. The Morgan fingerprint density at radius 1 is 0.857 bits per heavy atom. The minimum Gasteiger partial charge on any atom is -0.381 e. The van der Waals surface area contributed by atoms with Crippen LogP contribution in [0.5, 0.6) is 0 Å². The van der Waals surface area contributed by atoms with Crippen molar-refractivity contribution in [3.63, 3.8) is 0 Å². The second kappa shape index (κ2) is 3.96. The quantitative estimate of drug-likeness (QED) is 0.648. The predicted molar refractivity (Wildman–Crippen MR) is 65.3 cm³/mol. The molecular weight excluding hydrogens is 170 g/mol. The maximum atomic E-state index is 2.33. The van der Waals surface area contributed by atoms with Crippen LogP contribution < -0.4 is 0 Å². The highest BCUT2D eigenvalue weighted by molar-refractivity contribution is 5.18. The van der Waals surface area contributed by atoms with E-state index in [1.54, 1.807) is 0 Å². The maximum Gasteiger partial charge on any atom is 0.00906 e. The van der Waals surface area contributed by atoms with E-state index < -0.39 is 0 Å². The average molecular weight is 197 g/mol. The summed E-state index contributed by atoms with van der Waals surface area (Å²) in [5.74, 6) is 0. The van der Waals surface area contributed by atoms with Crippen LogP contribution in [0.2, 0.25) is 0 Å². The Kier molecular flexibility index (Phi) is 3.83. The first-order chi connectivity index (χ1) is 6.01. The molecule has 0 amide bonds. The van der Waals surface area contributed by atoms with E-state index in [1.807, 2.05) is 0 Å². The summed E-state index contributed by atoms with van der Waals surface area (Å²) in [5.41, 5.74) is 3.40. The second-order valence-electron chi connectivity index (χ2n) is 5.98. The van der Waals surface area contributed by atoms with Crippen LogP contribution in [0.3, 0.4) is 0 Å². The number of rotatable bonds is 2. The third-order valence-corrected chi connectivity index (χ3v) is 4.03. The lowest BCUT2D eigenvalue weighted by atomic mass is 9.65. The summed E-state index contributed by atoms with van der Waals surface area (Å²) in [6.45, 7) is 16.0. The zero-order chi connectivity index (χ0) is 11.7. The molecule has 0 aromatic carbocycles. The summed E-state index contributed by atoms with van der Waals surface area (Å²) in [6, 6.07) is 0. The van der Waals surface area contributed by atoms with Crippen molar-refractivity contribution in [2.75, 3.05) is 14.1 Å². The molecule has 0 rings (SSSR count). The zero-order valence-electron chi connectivity index (χ0n) is 11.4. The van der Waals surface area contributed by atoms with Crippen molar-refractivity contribution in [2.24, 2.45) is 10.8 Å². The van der Waals surface area contributed by atoms with Crippen LogP contribution in [0.25, 0.3) is 0 Å². The molecule has 0 radical (unpaired) electrons. The molecule has 14 heavy (non-hydrogen) atoms. The highest BCUT2D eigenvalue weighted by Crippen LogP contribution is 2.44. The minimum atomic E-state index is 0.237. The van der Waals surface area contributed by atoms with Gasteiger partial charge in [-0.3, -0.25) is 0 Å². The summed E-state index contributed by atoms with van der Waals surface area (Å²) in [7, 11) is 4.22. The van der Waals surface area contributed by atoms with Crippen molar-refractivity contribution in [2.45, 2.75) is 48.5 Å². The Bertz CT molecular complexity index is 226. The van der Waals surface area contributed by atoms with Gasteiger partial charge in [-0.1, -0.05) is 34.6 Å². The van der Waals surface area contributed by atoms with Crippen molar-refractivity contribution in [1.29, 1.82) is 0 Å². The molecular formula is C13H27N. The van der Waals surface area contributed by atoms with E-state index in [9.17, 15) is 0 Å². The van der Waals surface area contributed by atoms with Gasteiger partial charge in [-0.15, -0.1) is 0 Å². The van der Waals surface area contributed by atoms with Crippen molar-refractivity contribution >= 4 is 0 Å². The van der Waals surface area contributed by atoms with Gasteiger partial charge in [0.05, 0.1) is 0 Å². The summed E-state index contributed by atoms with van der Waals surface area (Å²) < 4.78 is 0. The third kappa shape index (κ3) is 2.52. The van der Waals surface area contributed by atoms with Crippen molar-refractivity contribution in [3.8, 4) is 0 Å². The summed E-state index contributed by atoms with van der Waals surface area (Å²) in [4.78, 5) is 2.20. The molecule has 1 heteroatoms. The van der Waals surface area contributed by atoms with E-state index in [0.29, 0.717) is 5.41 Å². The molecule has 0 aromatic rings. The Morgan fingerprint density at radius 3 is 1.43 bits per heavy atom. The van der Waals surface area contributed by atoms with Crippen LogP contribution in [0.4, 0.5) is 0 Å². The maximum absolute atomic E-state index is 2.33. The van der Waals surface area contributed by atoms with Gasteiger partial charge < -0.3 is 4.90 Å². The fourth-order valence-corrected chi connectivity index (χ4v) is 1.35. The van der Waals surface area contributed by atoms with E-state index in [4.69, 9.17) is 0 Å². The van der Waals surface area contributed by atoms with E-state index in [0.717, 1.165) is 0 Å². The molecule has 0 unspecified atom stereocenters. The van der Waals surface area contributed by atoms with Gasteiger partial charge in [0.1, 0.15) is 0 Å². The molecule has 0 saturated carbocycles. The second-order valence-corrected chi connectivity index (χ2v) is 5.98. The Balaban J connectivity index is 5.22. The van der Waals surface area contributed by atoms with E-state index in [-0.39, 0.29) is 5.41 Å². The Hall–Kier alpha value is -0.460. The van der Waals surface area contributed by atoms with Gasteiger partial charge in [0.15, 0.2) is 0 Å². The molecule has 0 atom stereocenters. The highest BCUT2D eigenvalue weighted by atomic mass is 15.1. The molecule has 0 aromatic heterocycles. The summed E-state index contributed by atoms with van der Waals surface area (Å²) in [5, 5.41) is 0. The number of hydrogen-bond acceptors (Lipinski definition) is 1. The number of nitrogens with zero attached hydrogens (tertiary/aromatic N) is 1. The van der Waals surface area contributed by atoms with E-state index in [1.165, 1.54) is 11.3 Å². The van der Waals surface area contributed by atoms with Crippen LogP contribution >= 0.6 is 0 Å². The molecule has 0 N–H and O–H groups in total. The van der Waals surface area contributed by atoms with Gasteiger partial charge in [0.25, 0.3) is 0 Å². The van der Waals surface area contributed by atoms with Crippen LogP contribution in [0.15, 0.2) is 11.3 Å². The van der Waals surface area contributed by atoms with Crippen LogP contribution in [-0.2, 0) is 0 Å². The lowest BCUT2D eigenvalue weighted by Crippen LogP contribution is -2.32. The lowest BCUT2D eigenvalue weighted by molar-refractivity contribution is 0.172. The Morgan fingerprint density at radius 2 is 1.21 bits per heavy atom. The third-order valence-electron chi connectivity index (χ3n) is 4.03. The molecule has 0 aliphatic carbocycles. The average Bonchev–Trinajstić information content (AvgIpc) is 1.99. The highest BCUT2D eigenvalue weighted by Gasteiger charge is 2.35. The van der Waals surface area contributed by atoms with Crippen LogP contribution in [-0.4, -0.2) is 19.0 Å². The van der Waals surface area contributed by atoms with Crippen molar-refractivity contribution in [1.82, 2.24) is 4.90 Å². The zero-order valence-corrected chi connectivity index (χ0v) is 11.4. The van der Waals surface area contributed by atoms with E-state index in [2.05, 4.69) is 67.5 Å². The molecule has 1 nitrogen and oxygen atoms in total. The molecule has 0 saturated heterocycles. The van der Waals surface area contributed by atoms with Gasteiger partial charge in [0.2, 0.25) is 0 Å². The molecule has 0 aliphatic heterocycles. The Labute approximate surface area is 90.2 Å². The normalized spacial score (nSPS) is 15.2. The molecule has 0 spiro atoms. The van der Waals surface area contributed by atoms with Gasteiger partial charge in [-0.2, -0.15) is 0 Å². The molecule has 0 fully saturated rings. The monoisotopic (exact) mass is 197 g/mol. The fourth-order valence-electron chi connectivity index (χ4n) is 1.35. The van der Waals surface area contributed by atoms with Gasteiger partial charge in [-0.05, 0) is 30.3 Å². The standard InChI is InChI=1S/C13H27N/c1-10(11(2)14(8)9)13(6,7)12(3,4)5/h1-9H3. The van der Waals surface area contributed by atoms with Crippen LogP contribution in [0, 0.1) is 10.8 Å². The fraction of sp³-hybridized carbons (Fsp3) is 0.846. The van der Waals surface area contributed by atoms with Gasteiger partial charge >= 0.3 is 0 Å². The van der Waals surface area contributed by atoms with Crippen molar-refractivity contribution < 1.29 is 0 Å². The topological polar surface area (TPSA) is 3.24 Å². The molecule has 0 bridgehead atoms. The summed E-state index contributed by atoms with van der Waals surface area (Å²) >= 11 is 0. The van der Waals surface area contributed by atoms with Gasteiger partial charge in [-0.25, -0.2) is 0 Å². The summed E-state index contributed by atoms with van der Waals surface area (Å²) in [6.07, 6.45) is 0. The largest absolute Gasteiger partial charge is 0.381 e. The first kappa shape index (κ1) is 13.5.